The van der Waals surface area contributed by atoms with E-state index in [4.69, 9.17) is 12.3 Å². The summed E-state index contributed by atoms with van der Waals surface area (Å²) in [6.45, 7) is -9.47. The van der Waals surface area contributed by atoms with Crippen LogP contribution in [0.3, 0.4) is 0 Å². The zero-order valence-corrected chi connectivity index (χ0v) is 7.02. The van der Waals surface area contributed by atoms with Gasteiger partial charge in [0, 0.05) is 12.3 Å². The number of carbonyl (C=O) groups excluding carboxylic acids is 1. The fourth-order valence-electron chi connectivity index (χ4n) is 0.246. The lowest BCUT2D eigenvalue weighted by molar-refractivity contribution is -0.143. The van der Waals surface area contributed by atoms with Gasteiger partial charge in [0.25, 0.3) is 5.97 Å². The number of hydrogen-bond acceptors (Lipinski definition) is 2. The summed E-state index contributed by atoms with van der Waals surface area (Å²) in [5.41, 5.74) is -3.02. The molecule has 0 radical (unpaired) electrons. The molecule has 0 N–H and O–H groups in total. The Kier molecular flexibility index (Phi) is 0.616. The van der Waals surface area contributed by atoms with Crippen LogP contribution in [0.4, 0.5) is 0 Å². The Hall–Kier alpha value is -0.313. The summed E-state index contributed by atoms with van der Waals surface area (Å²) < 4.78 is 69.0. The molecule has 0 saturated carbocycles. The Bertz CT molecular complexity index is 300. The van der Waals surface area contributed by atoms with Crippen LogP contribution in [-0.4, -0.2) is 16.5 Å². The van der Waals surface area contributed by atoms with Crippen LogP contribution in [0, 0.1) is 5.41 Å². The maximum absolute atomic E-state index is 11.6. The van der Waals surface area contributed by atoms with E-state index in [2.05, 4.69) is 4.43 Å². The molecule has 0 fully saturated rings. The molecule has 0 spiro atoms. The van der Waals surface area contributed by atoms with Crippen molar-refractivity contribution in [2.75, 3.05) is 0 Å². The van der Waals surface area contributed by atoms with Crippen LogP contribution >= 0.6 is 0 Å². The van der Waals surface area contributed by atoms with E-state index in [1.165, 1.54) is 0 Å². The SMILES string of the molecule is [2H]C([2H])([2H])CC(C(=O)O[SiH3])(C([2H])([2H])[2H])C([2H])([2H])[2H]. The molecule has 9 heavy (non-hydrogen) atoms. The Morgan fingerprint density at radius 1 is 1.89 bits per heavy atom. The molecule has 0 aliphatic rings. The van der Waals surface area contributed by atoms with E-state index >= 15 is 0 Å². The second-order valence-corrected chi connectivity index (χ2v) is 1.98. The highest BCUT2D eigenvalue weighted by molar-refractivity contribution is 6.06. The van der Waals surface area contributed by atoms with Crippen molar-refractivity contribution < 1.29 is 21.6 Å². The lowest BCUT2D eigenvalue weighted by atomic mass is 9.91. The summed E-state index contributed by atoms with van der Waals surface area (Å²) in [6, 6.07) is 0. The molecule has 0 bridgehead atoms. The Labute approximate surface area is 71.8 Å². The zero-order valence-electron chi connectivity index (χ0n) is 14.0. The summed E-state index contributed by atoms with van der Waals surface area (Å²) in [4.78, 5) is 11.6. The van der Waals surface area contributed by atoms with Gasteiger partial charge in [0.15, 0.2) is 0 Å². The fraction of sp³-hybridized carbons (Fsp3) is 0.833. The summed E-state index contributed by atoms with van der Waals surface area (Å²) in [5.74, 6) is -1.51. The number of hydrogen-bond donors (Lipinski definition) is 0. The number of rotatable bonds is 2. The minimum absolute atomic E-state index is 0.221. The zero-order chi connectivity index (χ0) is 15.0. The van der Waals surface area contributed by atoms with Gasteiger partial charge < -0.3 is 4.43 Å². The molecular weight excluding hydrogens is 132 g/mol. The van der Waals surface area contributed by atoms with Crippen molar-refractivity contribution in [3.8, 4) is 0 Å². The predicted octanol–water partition coefficient (Wildman–Crippen LogP) is 0.246. The molecule has 0 aromatic rings. The van der Waals surface area contributed by atoms with E-state index in [0.717, 1.165) is 0 Å². The molecule has 0 aliphatic heterocycles. The largest absolute Gasteiger partial charge is 0.528 e. The molecule has 0 aromatic heterocycles. The lowest BCUT2D eigenvalue weighted by Crippen LogP contribution is -2.24. The fourth-order valence-corrected chi connectivity index (χ4v) is 0.595. The topological polar surface area (TPSA) is 26.3 Å². The van der Waals surface area contributed by atoms with Crippen molar-refractivity contribution >= 4 is 16.5 Å². The Morgan fingerprint density at radius 2 is 2.56 bits per heavy atom. The van der Waals surface area contributed by atoms with Gasteiger partial charge in [0.1, 0.15) is 0 Å². The number of carbonyl (C=O) groups is 1. The molecule has 0 amide bonds. The third-order valence-corrected chi connectivity index (χ3v) is 1.17. The first-order valence-electron chi connectivity index (χ1n) is 6.77. The molecule has 0 aromatic carbocycles. The van der Waals surface area contributed by atoms with Gasteiger partial charge in [0.2, 0.25) is 10.5 Å². The molecule has 0 unspecified atom stereocenters. The third-order valence-electron chi connectivity index (χ3n) is 0.799. The predicted molar refractivity (Wildman–Crippen MR) is 40.1 cm³/mol. The van der Waals surface area contributed by atoms with Crippen molar-refractivity contribution in [1.29, 1.82) is 0 Å². The van der Waals surface area contributed by atoms with Gasteiger partial charge in [-0.15, -0.1) is 0 Å². The molecule has 2 nitrogen and oxygen atoms in total. The van der Waals surface area contributed by atoms with E-state index in [1.54, 1.807) is 0 Å². The van der Waals surface area contributed by atoms with E-state index in [0.29, 0.717) is 0 Å². The summed E-state index contributed by atoms with van der Waals surface area (Å²) in [6.07, 6.45) is -1.28. The molecule has 0 heterocycles. The second-order valence-electron chi connectivity index (χ2n) is 1.57. The summed E-state index contributed by atoms with van der Waals surface area (Å²) in [7, 11) is -0.221. The van der Waals surface area contributed by atoms with Gasteiger partial charge in [-0.2, -0.15) is 0 Å². The first-order valence-corrected chi connectivity index (χ1v) is 3.09. The molecule has 0 aliphatic carbocycles. The molecule has 0 saturated heterocycles. The standard InChI is InChI=1S/C6H14O2Si/c1-4-6(2,3)5(7)8-9/h4H2,1-3,9H3/i1D3,2D3,3D3. The van der Waals surface area contributed by atoms with E-state index < -0.39 is 38.4 Å². The van der Waals surface area contributed by atoms with Gasteiger partial charge in [-0.3, -0.25) is 4.79 Å². The summed E-state index contributed by atoms with van der Waals surface area (Å²) >= 11 is 0. The van der Waals surface area contributed by atoms with Crippen LogP contribution in [-0.2, 0) is 9.22 Å². The molecule has 0 rings (SSSR count). The minimum atomic E-state index is -3.30. The van der Waals surface area contributed by atoms with Crippen LogP contribution < -0.4 is 0 Å². The van der Waals surface area contributed by atoms with E-state index in [1.807, 2.05) is 0 Å². The first kappa shape index (κ1) is 1.84. The molecule has 0 atom stereocenters. The average Bonchev–Trinajstić information content (AvgIpc) is 2.07. The van der Waals surface area contributed by atoms with Crippen LogP contribution in [0.2, 0.25) is 0 Å². The highest BCUT2D eigenvalue weighted by Crippen LogP contribution is 2.20. The molecule has 3 heteroatoms. The van der Waals surface area contributed by atoms with Gasteiger partial charge in [-0.05, 0) is 20.1 Å². The van der Waals surface area contributed by atoms with E-state index in [9.17, 15) is 4.79 Å². The summed E-state index contributed by atoms with van der Waals surface area (Å²) in [5, 5.41) is 0. The minimum Gasteiger partial charge on any atom is -0.528 e. The first-order chi connectivity index (χ1) is 7.69. The van der Waals surface area contributed by atoms with E-state index in [-0.39, 0.29) is 10.5 Å². The highest BCUT2D eigenvalue weighted by Gasteiger charge is 2.24. The van der Waals surface area contributed by atoms with Crippen LogP contribution in [0.25, 0.3) is 0 Å². The quantitative estimate of drug-likeness (QED) is 0.534. The van der Waals surface area contributed by atoms with Crippen molar-refractivity contribution in [2.24, 2.45) is 5.41 Å². The van der Waals surface area contributed by atoms with Crippen molar-refractivity contribution in [2.45, 2.75) is 27.0 Å². The highest BCUT2D eigenvalue weighted by atomic mass is 28.2. The lowest BCUT2D eigenvalue weighted by Gasteiger charge is -2.18. The normalized spacial score (nSPS) is 30.4. The van der Waals surface area contributed by atoms with Crippen LogP contribution in [0.15, 0.2) is 0 Å². The van der Waals surface area contributed by atoms with Crippen molar-refractivity contribution in [1.82, 2.24) is 0 Å². The van der Waals surface area contributed by atoms with Gasteiger partial charge in [-0.1, -0.05) is 6.85 Å². The van der Waals surface area contributed by atoms with Crippen molar-refractivity contribution in [3.05, 3.63) is 0 Å². The smallest absolute Gasteiger partial charge is 0.297 e. The third kappa shape index (κ3) is 2.18. The maximum Gasteiger partial charge on any atom is 0.297 e. The molecule has 54 valence electrons. The second kappa shape index (κ2) is 3.01. The van der Waals surface area contributed by atoms with Gasteiger partial charge >= 0.3 is 0 Å². The molecular formula is C6H14O2Si. The van der Waals surface area contributed by atoms with Crippen molar-refractivity contribution in [3.63, 3.8) is 0 Å². The average molecular weight is 155 g/mol. The van der Waals surface area contributed by atoms with Gasteiger partial charge in [-0.25, -0.2) is 0 Å². The monoisotopic (exact) mass is 155 g/mol. The Balaban J connectivity index is 5.99. The Morgan fingerprint density at radius 3 is 2.89 bits per heavy atom. The van der Waals surface area contributed by atoms with Gasteiger partial charge in [0.05, 0.1) is 5.41 Å². The maximum atomic E-state index is 11.6. The van der Waals surface area contributed by atoms with Crippen LogP contribution in [0.1, 0.15) is 39.3 Å². The van der Waals surface area contributed by atoms with Crippen LogP contribution in [0.5, 0.6) is 0 Å².